The third kappa shape index (κ3) is 7.03. The van der Waals surface area contributed by atoms with E-state index >= 15 is 0 Å². The van der Waals surface area contributed by atoms with E-state index in [9.17, 15) is 19.2 Å². The number of hydrogen-bond donors (Lipinski definition) is 2. The number of esters is 1. The van der Waals surface area contributed by atoms with Crippen molar-refractivity contribution in [2.45, 2.75) is 62.8 Å². The highest BCUT2D eigenvalue weighted by atomic mass is 35.5. The number of nitrogens with zero attached hydrogens (tertiary/aromatic N) is 1. The smallest absolute Gasteiger partial charge is 0.408 e. The predicted molar refractivity (Wildman–Crippen MR) is 168 cm³/mol. The summed E-state index contributed by atoms with van der Waals surface area (Å²) in [7, 11) is 0. The summed E-state index contributed by atoms with van der Waals surface area (Å²) in [5.74, 6) is -1.53. The molecule has 11 heteroatoms. The Hall–Kier alpha value is -4.02. The standard InChI is InChI=1S/C33H34ClN3O6S/c1-33(2,3)43-32(41)36-24(20-13-7-4-8-14-20)28(38)35-25-29(39)37-26(23(34)19-44-30(25)37)31(40)42-27(21-15-9-5-10-16-21)22-17-11-6-12-18-22/h4-7,9-12,14-18,24-25,27,30H,8,13,19H2,1-3H3,(H,35,38)(H,36,41)/t24?,25-,30+/m1/s1. The van der Waals surface area contributed by atoms with Crippen molar-refractivity contribution in [2.75, 3.05) is 5.75 Å². The second-order valence-corrected chi connectivity index (χ2v) is 13.1. The molecule has 0 saturated carbocycles. The van der Waals surface area contributed by atoms with Crippen LogP contribution < -0.4 is 10.6 Å². The zero-order chi connectivity index (χ0) is 31.4. The van der Waals surface area contributed by atoms with Gasteiger partial charge in [0.25, 0.3) is 5.91 Å². The van der Waals surface area contributed by atoms with Crippen molar-refractivity contribution in [3.63, 3.8) is 0 Å². The fraction of sp³-hybridized carbons (Fsp3) is 0.333. The maximum atomic E-state index is 13.6. The third-order valence-corrected chi connectivity index (χ3v) is 8.92. The quantitative estimate of drug-likeness (QED) is 0.229. The normalized spacial score (nSPS) is 20.2. The van der Waals surface area contributed by atoms with Crippen LogP contribution in [0.4, 0.5) is 4.79 Å². The predicted octanol–water partition coefficient (Wildman–Crippen LogP) is 5.34. The summed E-state index contributed by atoms with van der Waals surface area (Å²) in [4.78, 5) is 54.6. The summed E-state index contributed by atoms with van der Waals surface area (Å²) in [5.41, 5.74) is 1.43. The molecule has 2 heterocycles. The number of halogens is 1. The van der Waals surface area contributed by atoms with Crippen LogP contribution in [-0.2, 0) is 23.9 Å². The Kier molecular flexibility index (Phi) is 9.51. The Bertz CT molecular complexity index is 1480. The molecule has 230 valence electrons. The molecule has 9 nitrogen and oxygen atoms in total. The molecule has 0 bridgehead atoms. The van der Waals surface area contributed by atoms with Crippen molar-refractivity contribution in [2.24, 2.45) is 0 Å². The summed E-state index contributed by atoms with van der Waals surface area (Å²) in [6.07, 6.45) is 5.38. The van der Waals surface area contributed by atoms with E-state index in [1.165, 1.54) is 16.7 Å². The SMILES string of the molecule is CC(C)(C)OC(=O)NC(C(=O)N[C@@H]1C(=O)N2C(C(=O)OC(c3ccccc3)c3ccccc3)=C(Cl)CS[C@@H]12)C1=CCC=CC1. The van der Waals surface area contributed by atoms with Gasteiger partial charge in [-0.15, -0.1) is 11.8 Å². The molecule has 2 aromatic carbocycles. The van der Waals surface area contributed by atoms with Gasteiger partial charge in [0, 0.05) is 5.75 Å². The van der Waals surface area contributed by atoms with E-state index in [1.807, 2.05) is 78.9 Å². The van der Waals surface area contributed by atoms with Crippen LogP contribution >= 0.6 is 23.4 Å². The van der Waals surface area contributed by atoms with Crippen LogP contribution in [0.5, 0.6) is 0 Å². The van der Waals surface area contributed by atoms with Gasteiger partial charge >= 0.3 is 12.1 Å². The lowest BCUT2D eigenvalue weighted by Gasteiger charge is -2.49. The van der Waals surface area contributed by atoms with Crippen LogP contribution in [0.15, 0.2) is 95.2 Å². The van der Waals surface area contributed by atoms with Crippen LogP contribution in [0.3, 0.4) is 0 Å². The lowest BCUT2D eigenvalue weighted by molar-refractivity contribution is -0.154. The van der Waals surface area contributed by atoms with E-state index in [4.69, 9.17) is 21.1 Å². The summed E-state index contributed by atoms with van der Waals surface area (Å²) in [5, 5.41) is 5.07. The van der Waals surface area contributed by atoms with Crippen molar-refractivity contribution >= 4 is 47.2 Å². The van der Waals surface area contributed by atoms with E-state index in [0.717, 1.165) is 11.1 Å². The first-order valence-electron chi connectivity index (χ1n) is 14.3. The van der Waals surface area contributed by atoms with Gasteiger partial charge < -0.3 is 20.1 Å². The molecule has 0 aromatic heterocycles. The van der Waals surface area contributed by atoms with E-state index in [1.54, 1.807) is 20.8 Å². The molecule has 0 radical (unpaired) electrons. The van der Waals surface area contributed by atoms with Gasteiger partial charge in [-0.25, -0.2) is 9.59 Å². The van der Waals surface area contributed by atoms with E-state index in [-0.39, 0.29) is 16.5 Å². The van der Waals surface area contributed by atoms with Gasteiger partial charge in [-0.3, -0.25) is 14.5 Å². The summed E-state index contributed by atoms with van der Waals surface area (Å²) in [6, 6.07) is 16.7. The summed E-state index contributed by atoms with van der Waals surface area (Å²) < 4.78 is 11.4. The number of hydrogen-bond acceptors (Lipinski definition) is 7. The number of carbonyl (C=O) groups is 4. The molecule has 2 aliphatic heterocycles. The maximum absolute atomic E-state index is 13.6. The van der Waals surface area contributed by atoms with E-state index < -0.39 is 53.0 Å². The van der Waals surface area contributed by atoms with Crippen LogP contribution in [-0.4, -0.2) is 57.6 Å². The van der Waals surface area contributed by atoms with Crippen molar-refractivity contribution < 1.29 is 28.7 Å². The van der Waals surface area contributed by atoms with Crippen molar-refractivity contribution in [1.29, 1.82) is 0 Å². The number of nitrogens with one attached hydrogen (secondary N) is 2. The van der Waals surface area contributed by atoms with Gasteiger partial charge in [-0.2, -0.15) is 0 Å². The minimum atomic E-state index is -1.04. The Balaban J connectivity index is 1.32. The molecular formula is C33H34ClN3O6S. The Morgan fingerprint density at radius 3 is 2.20 bits per heavy atom. The molecule has 2 aromatic rings. The highest BCUT2D eigenvalue weighted by Crippen LogP contribution is 2.42. The molecule has 44 heavy (non-hydrogen) atoms. The number of thioether (sulfide) groups is 1. The molecule has 3 atom stereocenters. The van der Waals surface area contributed by atoms with E-state index in [0.29, 0.717) is 18.4 Å². The van der Waals surface area contributed by atoms with Crippen LogP contribution in [0.1, 0.15) is 50.8 Å². The minimum Gasteiger partial charge on any atom is -0.448 e. The van der Waals surface area contributed by atoms with Crippen molar-refractivity contribution in [3.8, 4) is 0 Å². The van der Waals surface area contributed by atoms with Gasteiger partial charge in [0.15, 0.2) is 6.10 Å². The Morgan fingerprint density at radius 2 is 1.64 bits per heavy atom. The second kappa shape index (κ2) is 13.3. The summed E-state index contributed by atoms with van der Waals surface area (Å²) >= 11 is 7.86. The highest BCUT2D eigenvalue weighted by molar-refractivity contribution is 8.00. The van der Waals surface area contributed by atoms with Gasteiger partial charge in [-0.05, 0) is 50.3 Å². The molecule has 2 N–H and O–H groups in total. The number of ether oxygens (including phenoxy) is 2. The second-order valence-electron chi connectivity index (χ2n) is 11.5. The Morgan fingerprint density at radius 1 is 1.00 bits per heavy atom. The fourth-order valence-electron chi connectivity index (χ4n) is 5.16. The first kappa shape index (κ1) is 31.4. The van der Waals surface area contributed by atoms with Gasteiger partial charge in [0.05, 0.1) is 5.03 Å². The Labute approximate surface area is 265 Å². The zero-order valence-electron chi connectivity index (χ0n) is 24.6. The first-order valence-corrected chi connectivity index (χ1v) is 15.7. The maximum Gasteiger partial charge on any atom is 0.408 e. The molecule has 3 aliphatic rings. The number of fused-ring (bicyclic) bond motifs is 1. The number of amides is 3. The van der Waals surface area contributed by atoms with Crippen LogP contribution in [0.25, 0.3) is 0 Å². The van der Waals surface area contributed by atoms with Gasteiger partial charge in [-0.1, -0.05) is 90.5 Å². The fourth-order valence-corrected chi connectivity index (χ4v) is 6.71. The van der Waals surface area contributed by atoms with E-state index in [2.05, 4.69) is 10.6 Å². The molecule has 1 fully saturated rings. The lowest BCUT2D eigenvalue weighted by Crippen LogP contribution is -2.71. The number of benzene rings is 2. The topological polar surface area (TPSA) is 114 Å². The van der Waals surface area contributed by atoms with Crippen molar-refractivity contribution in [1.82, 2.24) is 15.5 Å². The summed E-state index contributed by atoms with van der Waals surface area (Å²) in [6.45, 7) is 5.19. The third-order valence-electron chi connectivity index (χ3n) is 7.17. The molecule has 3 amide bonds. The molecule has 1 aliphatic carbocycles. The van der Waals surface area contributed by atoms with Crippen LogP contribution in [0, 0.1) is 0 Å². The largest absolute Gasteiger partial charge is 0.448 e. The van der Waals surface area contributed by atoms with Crippen LogP contribution in [0.2, 0.25) is 0 Å². The molecule has 1 saturated heterocycles. The zero-order valence-corrected chi connectivity index (χ0v) is 26.2. The average molecular weight is 636 g/mol. The molecule has 5 rings (SSSR count). The number of alkyl carbamates (subject to hydrolysis) is 1. The molecular weight excluding hydrogens is 602 g/mol. The van der Waals surface area contributed by atoms with Gasteiger partial charge in [0.1, 0.15) is 28.8 Å². The number of rotatable bonds is 8. The first-order chi connectivity index (χ1) is 21.0. The number of carbonyl (C=O) groups excluding carboxylic acids is 4. The monoisotopic (exact) mass is 635 g/mol. The number of allylic oxidation sites excluding steroid dienone is 3. The average Bonchev–Trinajstić information content (AvgIpc) is 3.01. The highest BCUT2D eigenvalue weighted by Gasteiger charge is 2.55. The minimum absolute atomic E-state index is 0.0358. The van der Waals surface area contributed by atoms with Gasteiger partial charge in [0.2, 0.25) is 5.91 Å². The van der Waals surface area contributed by atoms with Crippen molar-refractivity contribution in [3.05, 3.63) is 106 Å². The molecule has 1 unspecified atom stereocenters. The molecule has 0 spiro atoms. The lowest BCUT2D eigenvalue weighted by atomic mass is 9.96. The number of β-lactam (4-membered cyclic amide) rings is 1.